The van der Waals surface area contributed by atoms with Crippen molar-refractivity contribution in [2.75, 3.05) is 5.32 Å². The third-order valence-corrected chi connectivity index (χ3v) is 3.12. The van der Waals surface area contributed by atoms with Gasteiger partial charge < -0.3 is 14.6 Å². The smallest absolute Gasteiger partial charge is 0.250 e. The summed E-state index contributed by atoms with van der Waals surface area (Å²) in [6, 6.07) is 11.4. The van der Waals surface area contributed by atoms with Crippen molar-refractivity contribution in [3.8, 4) is 5.75 Å². The fraction of sp³-hybridized carbons (Fsp3) is 0.353. The van der Waals surface area contributed by atoms with Crippen molar-refractivity contribution in [1.82, 2.24) is 4.57 Å². The number of benzene rings is 1. The van der Waals surface area contributed by atoms with Crippen LogP contribution in [0.25, 0.3) is 0 Å². The summed E-state index contributed by atoms with van der Waals surface area (Å²) >= 11 is 0. The molecule has 21 heavy (non-hydrogen) atoms. The molecule has 0 fully saturated rings. The Labute approximate surface area is 125 Å². The van der Waals surface area contributed by atoms with Crippen molar-refractivity contribution in [1.29, 1.82) is 0 Å². The summed E-state index contributed by atoms with van der Waals surface area (Å²) in [6.07, 6.45) is 2.03. The van der Waals surface area contributed by atoms with Gasteiger partial charge in [0, 0.05) is 25.4 Å². The van der Waals surface area contributed by atoms with Gasteiger partial charge in [0.1, 0.15) is 5.75 Å². The first kappa shape index (κ1) is 15.2. The van der Waals surface area contributed by atoms with E-state index in [-0.39, 0.29) is 11.7 Å². The Morgan fingerprint density at radius 3 is 2.48 bits per heavy atom. The zero-order chi connectivity index (χ0) is 15.2. The molecule has 112 valence electrons. The van der Waals surface area contributed by atoms with Crippen LogP contribution in [-0.4, -0.2) is 10.7 Å². The molecule has 1 aromatic carbocycles. The third-order valence-electron chi connectivity index (χ3n) is 3.12. The average Bonchev–Trinajstić information content (AvgIpc) is 2.47. The molecule has 4 nitrogen and oxygen atoms in total. The predicted molar refractivity (Wildman–Crippen MR) is 85.9 cm³/mol. The normalized spacial score (nSPS) is 10.7. The first-order chi connectivity index (χ1) is 10.1. The second-order valence-corrected chi connectivity index (χ2v) is 5.21. The van der Waals surface area contributed by atoms with E-state index in [2.05, 4.69) is 5.32 Å². The second kappa shape index (κ2) is 6.97. The van der Waals surface area contributed by atoms with Crippen molar-refractivity contribution >= 4 is 5.69 Å². The van der Waals surface area contributed by atoms with Crippen LogP contribution in [0.1, 0.15) is 26.3 Å². The van der Waals surface area contributed by atoms with E-state index in [1.807, 2.05) is 57.3 Å². The van der Waals surface area contributed by atoms with Crippen molar-refractivity contribution in [2.24, 2.45) is 0 Å². The summed E-state index contributed by atoms with van der Waals surface area (Å²) in [4.78, 5) is 11.5. The van der Waals surface area contributed by atoms with E-state index in [0.717, 1.165) is 11.4 Å². The zero-order valence-corrected chi connectivity index (χ0v) is 12.8. The van der Waals surface area contributed by atoms with Gasteiger partial charge in [0.25, 0.3) is 5.56 Å². The van der Waals surface area contributed by atoms with E-state index in [0.29, 0.717) is 13.1 Å². The van der Waals surface area contributed by atoms with E-state index in [1.165, 1.54) is 5.56 Å². The van der Waals surface area contributed by atoms with Crippen LogP contribution in [0.5, 0.6) is 5.75 Å². The zero-order valence-electron chi connectivity index (χ0n) is 12.8. The predicted octanol–water partition coefficient (Wildman–Crippen LogP) is 3.27. The van der Waals surface area contributed by atoms with Crippen LogP contribution >= 0.6 is 0 Å². The molecule has 0 amide bonds. The van der Waals surface area contributed by atoms with Crippen molar-refractivity contribution < 1.29 is 4.74 Å². The number of aromatic nitrogens is 1. The number of aryl methyl sites for hydroxylation is 1. The molecule has 0 radical (unpaired) electrons. The molecule has 0 saturated carbocycles. The second-order valence-electron chi connectivity index (χ2n) is 5.21. The Bertz CT molecular complexity index is 630. The van der Waals surface area contributed by atoms with Gasteiger partial charge in [0.05, 0.1) is 11.8 Å². The summed E-state index contributed by atoms with van der Waals surface area (Å²) in [6.45, 7) is 7.37. The van der Waals surface area contributed by atoms with Crippen molar-refractivity contribution in [3.63, 3.8) is 0 Å². The van der Waals surface area contributed by atoms with Gasteiger partial charge in [-0.2, -0.15) is 0 Å². The number of anilines is 1. The van der Waals surface area contributed by atoms with Gasteiger partial charge in [-0.15, -0.1) is 0 Å². The maximum atomic E-state index is 11.5. The number of nitrogens with zero attached hydrogens (tertiary/aromatic N) is 1. The average molecular weight is 286 g/mol. The number of hydrogen-bond acceptors (Lipinski definition) is 3. The molecule has 2 aromatic rings. The lowest BCUT2D eigenvalue weighted by molar-refractivity contribution is 0.242. The summed E-state index contributed by atoms with van der Waals surface area (Å²) in [5.41, 5.74) is 2.14. The number of pyridine rings is 1. The van der Waals surface area contributed by atoms with Gasteiger partial charge in [0.2, 0.25) is 0 Å². The summed E-state index contributed by atoms with van der Waals surface area (Å²) < 4.78 is 7.30. The number of ether oxygens (including phenoxy) is 1. The lowest BCUT2D eigenvalue weighted by Gasteiger charge is -2.11. The first-order valence-electron chi connectivity index (χ1n) is 7.28. The van der Waals surface area contributed by atoms with Gasteiger partial charge in [-0.1, -0.05) is 12.1 Å². The SMILES string of the molecule is CCn1cc(NCc2ccc(OC(C)C)cc2)ccc1=O. The molecule has 1 aromatic heterocycles. The van der Waals surface area contributed by atoms with Crippen LogP contribution in [0.3, 0.4) is 0 Å². The minimum Gasteiger partial charge on any atom is -0.491 e. The third kappa shape index (κ3) is 4.38. The molecule has 0 aliphatic carbocycles. The molecular formula is C17H22N2O2. The topological polar surface area (TPSA) is 43.3 Å². The minimum absolute atomic E-state index is 0.0261. The van der Waals surface area contributed by atoms with Gasteiger partial charge >= 0.3 is 0 Å². The molecule has 0 atom stereocenters. The van der Waals surface area contributed by atoms with Crippen molar-refractivity contribution in [3.05, 3.63) is 58.5 Å². The summed E-state index contributed by atoms with van der Waals surface area (Å²) in [7, 11) is 0. The lowest BCUT2D eigenvalue weighted by Crippen LogP contribution is -2.17. The molecule has 0 unspecified atom stereocenters. The quantitative estimate of drug-likeness (QED) is 0.886. The first-order valence-corrected chi connectivity index (χ1v) is 7.28. The molecule has 0 saturated heterocycles. The van der Waals surface area contributed by atoms with Gasteiger partial charge in [-0.25, -0.2) is 0 Å². The molecule has 0 bridgehead atoms. The highest BCUT2D eigenvalue weighted by Crippen LogP contribution is 2.15. The fourth-order valence-corrected chi connectivity index (χ4v) is 2.05. The number of rotatable bonds is 6. The Morgan fingerprint density at radius 1 is 1.14 bits per heavy atom. The van der Waals surface area contributed by atoms with Crippen LogP contribution in [0.15, 0.2) is 47.4 Å². The molecule has 1 heterocycles. The molecule has 4 heteroatoms. The Morgan fingerprint density at radius 2 is 1.86 bits per heavy atom. The van der Waals surface area contributed by atoms with Gasteiger partial charge in [0.15, 0.2) is 0 Å². The highest BCUT2D eigenvalue weighted by Gasteiger charge is 2.00. The maximum Gasteiger partial charge on any atom is 0.250 e. The van der Waals surface area contributed by atoms with Crippen LogP contribution in [-0.2, 0) is 13.1 Å². The highest BCUT2D eigenvalue weighted by atomic mass is 16.5. The number of nitrogens with one attached hydrogen (secondary N) is 1. The highest BCUT2D eigenvalue weighted by molar-refractivity contribution is 5.41. The van der Waals surface area contributed by atoms with E-state index in [9.17, 15) is 4.79 Å². The Kier molecular flexibility index (Phi) is 5.04. The maximum absolute atomic E-state index is 11.5. The van der Waals surface area contributed by atoms with Crippen LogP contribution in [0, 0.1) is 0 Å². The molecular weight excluding hydrogens is 264 g/mol. The largest absolute Gasteiger partial charge is 0.491 e. The monoisotopic (exact) mass is 286 g/mol. The van der Waals surface area contributed by atoms with E-state index in [4.69, 9.17) is 4.74 Å². The Balaban J connectivity index is 1.98. The van der Waals surface area contributed by atoms with Crippen LogP contribution < -0.4 is 15.6 Å². The fourth-order valence-electron chi connectivity index (χ4n) is 2.05. The van der Waals surface area contributed by atoms with E-state index >= 15 is 0 Å². The van der Waals surface area contributed by atoms with Crippen molar-refractivity contribution in [2.45, 2.75) is 40.0 Å². The lowest BCUT2D eigenvalue weighted by atomic mass is 10.2. The molecule has 0 aliphatic rings. The molecule has 0 spiro atoms. The van der Waals surface area contributed by atoms with E-state index < -0.39 is 0 Å². The minimum atomic E-state index is 0.0261. The molecule has 2 rings (SSSR count). The molecule has 1 N–H and O–H groups in total. The Hall–Kier alpha value is -2.23. The molecule has 0 aliphatic heterocycles. The van der Waals surface area contributed by atoms with Gasteiger partial charge in [-0.05, 0) is 44.5 Å². The van der Waals surface area contributed by atoms with Crippen LogP contribution in [0.4, 0.5) is 5.69 Å². The van der Waals surface area contributed by atoms with Gasteiger partial charge in [-0.3, -0.25) is 4.79 Å². The standard InChI is InChI=1S/C17H22N2O2/c1-4-19-12-15(7-10-17(19)20)18-11-14-5-8-16(9-6-14)21-13(2)3/h5-10,12-13,18H,4,11H2,1-3H3. The van der Waals surface area contributed by atoms with E-state index in [1.54, 1.807) is 10.6 Å². The summed E-state index contributed by atoms with van der Waals surface area (Å²) in [5.74, 6) is 0.883. The van der Waals surface area contributed by atoms with Crippen LogP contribution in [0.2, 0.25) is 0 Å². The number of hydrogen-bond donors (Lipinski definition) is 1. The summed E-state index contributed by atoms with van der Waals surface area (Å²) in [5, 5.41) is 3.32.